The molecule has 3 rings (SSSR count). The largest absolute Gasteiger partial charge is 0.416 e. The zero-order valence-corrected chi connectivity index (χ0v) is 13.1. The number of hydrogen-bond acceptors (Lipinski definition) is 0. The molecule has 0 unspecified atom stereocenters. The molecule has 0 atom stereocenters. The maximum Gasteiger partial charge on any atom is 0.416 e. The molecule has 4 heteroatoms. The molecule has 23 heavy (non-hydrogen) atoms. The third-order valence-corrected chi connectivity index (χ3v) is 3.99. The number of rotatable bonds is 2. The SMILES string of the molecule is FC(F)(F)c1ccc([SH+]c2ccccc2)cc1.c1ccccc1. The summed E-state index contributed by atoms with van der Waals surface area (Å²) in [5.74, 6) is 0. The Morgan fingerprint density at radius 3 is 1.35 bits per heavy atom. The fraction of sp³-hybridized carbons (Fsp3) is 0.0526. The minimum Gasteiger partial charge on any atom is -0.166 e. The zero-order valence-electron chi connectivity index (χ0n) is 12.2. The summed E-state index contributed by atoms with van der Waals surface area (Å²) in [6.07, 6.45) is -4.26. The van der Waals surface area contributed by atoms with Gasteiger partial charge in [-0.3, -0.25) is 0 Å². The van der Waals surface area contributed by atoms with Gasteiger partial charge < -0.3 is 0 Å². The molecule has 0 aliphatic carbocycles. The number of alkyl halides is 3. The molecule has 0 spiro atoms. The van der Waals surface area contributed by atoms with Gasteiger partial charge in [-0.25, -0.2) is 0 Å². The van der Waals surface area contributed by atoms with E-state index < -0.39 is 11.7 Å². The van der Waals surface area contributed by atoms with Crippen LogP contribution in [0, 0.1) is 0 Å². The van der Waals surface area contributed by atoms with E-state index in [1.807, 2.05) is 66.7 Å². The first-order valence-corrected chi connectivity index (χ1v) is 7.89. The molecule has 118 valence electrons. The lowest BCUT2D eigenvalue weighted by molar-refractivity contribution is -0.137. The monoisotopic (exact) mass is 333 g/mol. The molecule has 0 heterocycles. The molecule has 3 aromatic rings. The Hall–Kier alpha value is -2.20. The standard InChI is InChI=1S/C13H9F3S.C6H6/c14-13(15,16)10-6-8-12(9-7-10)17-11-4-2-1-3-5-11;1-2-4-6-5-3-1/h1-9H;1-6H/p+1. The summed E-state index contributed by atoms with van der Waals surface area (Å²) in [5, 5.41) is 0. The van der Waals surface area contributed by atoms with Gasteiger partial charge in [-0.2, -0.15) is 13.2 Å². The summed E-state index contributed by atoms with van der Waals surface area (Å²) in [4.78, 5) is 1.91. The first-order chi connectivity index (χ1) is 11.1. The lowest BCUT2D eigenvalue weighted by atomic mass is 10.2. The molecule has 0 radical (unpaired) electrons. The third-order valence-electron chi connectivity index (χ3n) is 2.88. The van der Waals surface area contributed by atoms with Gasteiger partial charge in [0, 0.05) is 11.8 Å². The quantitative estimate of drug-likeness (QED) is 0.421. The second kappa shape index (κ2) is 8.44. The number of halogens is 3. The molecule has 0 nitrogen and oxygen atoms in total. The van der Waals surface area contributed by atoms with Crippen LogP contribution in [0.25, 0.3) is 0 Å². The topological polar surface area (TPSA) is 0 Å². The highest BCUT2D eigenvalue weighted by atomic mass is 32.2. The van der Waals surface area contributed by atoms with E-state index in [9.17, 15) is 13.2 Å². The van der Waals surface area contributed by atoms with Crippen LogP contribution in [-0.2, 0) is 17.9 Å². The fourth-order valence-corrected chi connectivity index (χ4v) is 2.68. The zero-order chi connectivity index (χ0) is 16.5. The van der Waals surface area contributed by atoms with Gasteiger partial charge in [0.05, 0.1) is 5.56 Å². The van der Waals surface area contributed by atoms with Crippen LogP contribution in [0.5, 0.6) is 0 Å². The van der Waals surface area contributed by atoms with Crippen LogP contribution in [0.4, 0.5) is 13.2 Å². The molecule has 0 aliphatic rings. The van der Waals surface area contributed by atoms with Crippen molar-refractivity contribution in [3.63, 3.8) is 0 Å². The predicted octanol–water partition coefficient (Wildman–Crippen LogP) is 5.62. The van der Waals surface area contributed by atoms with E-state index in [2.05, 4.69) is 0 Å². The average Bonchev–Trinajstić information content (AvgIpc) is 2.58. The molecule has 0 amide bonds. The van der Waals surface area contributed by atoms with Crippen LogP contribution in [0.1, 0.15) is 5.56 Å². The van der Waals surface area contributed by atoms with Crippen molar-refractivity contribution in [3.8, 4) is 0 Å². The molecule has 0 saturated carbocycles. The van der Waals surface area contributed by atoms with E-state index in [0.717, 1.165) is 33.7 Å². The van der Waals surface area contributed by atoms with Crippen molar-refractivity contribution in [2.24, 2.45) is 0 Å². The molecule has 0 saturated heterocycles. The predicted molar refractivity (Wildman–Crippen MR) is 89.6 cm³/mol. The molecule has 3 aromatic carbocycles. The summed E-state index contributed by atoms with van der Waals surface area (Å²) in [6, 6.07) is 26.9. The van der Waals surface area contributed by atoms with E-state index in [0.29, 0.717) is 0 Å². The van der Waals surface area contributed by atoms with Crippen molar-refractivity contribution >= 4 is 11.8 Å². The Labute approximate surface area is 138 Å². The Balaban J connectivity index is 0.000000268. The van der Waals surface area contributed by atoms with Crippen LogP contribution < -0.4 is 0 Å². The minimum absolute atomic E-state index is 0.607. The van der Waals surface area contributed by atoms with Crippen molar-refractivity contribution in [1.82, 2.24) is 0 Å². The van der Waals surface area contributed by atoms with Crippen molar-refractivity contribution in [2.45, 2.75) is 16.0 Å². The Bertz CT molecular complexity index is 651. The average molecular weight is 333 g/mol. The molecule has 0 fully saturated rings. The fourth-order valence-electron chi connectivity index (χ4n) is 1.76. The first-order valence-electron chi connectivity index (χ1n) is 7.00. The second-order valence-electron chi connectivity index (χ2n) is 4.65. The number of thiol groups is 1. The smallest absolute Gasteiger partial charge is 0.166 e. The first kappa shape index (κ1) is 17.2. The Morgan fingerprint density at radius 2 is 0.913 bits per heavy atom. The molecular formula is C19H16F3S+. The van der Waals surface area contributed by atoms with Gasteiger partial charge in [-0.1, -0.05) is 54.6 Å². The Morgan fingerprint density at radius 1 is 0.522 bits per heavy atom. The van der Waals surface area contributed by atoms with Crippen molar-refractivity contribution in [1.29, 1.82) is 0 Å². The van der Waals surface area contributed by atoms with Gasteiger partial charge in [0.15, 0.2) is 9.79 Å². The van der Waals surface area contributed by atoms with Gasteiger partial charge in [0.25, 0.3) is 0 Å². The van der Waals surface area contributed by atoms with Gasteiger partial charge in [0.2, 0.25) is 0 Å². The van der Waals surface area contributed by atoms with Crippen LogP contribution in [0.3, 0.4) is 0 Å². The molecule has 0 aromatic heterocycles. The van der Waals surface area contributed by atoms with Gasteiger partial charge in [-0.15, -0.1) is 0 Å². The number of benzene rings is 3. The van der Waals surface area contributed by atoms with E-state index in [1.54, 1.807) is 0 Å². The van der Waals surface area contributed by atoms with Crippen LogP contribution in [0.15, 0.2) is 101 Å². The summed E-state index contributed by atoms with van der Waals surface area (Å²) < 4.78 is 37.0. The number of hydrogen-bond donors (Lipinski definition) is 0. The molecule has 0 bridgehead atoms. The van der Waals surface area contributed by atoms with E-state index >= 15 is 0 Å². The highest BCUT2D eigenvalue weighted by Crippen LogP contribution is 2.29. The van der Waals surface area contributed by atoms with E-state index in [-0.39, 0.29) is 0 Å². The second-order valence-corrected chi connectivity index (χ2v) is 5.90. The van der Waals surface area contributed by atoms with Crippen molar-refractivity contribution < 1.29 is 13.2 Å². The maximum atomic E-state index is 12.3. The lowest BCUT2D eigenvalue weighted by Gasteiger charge is -2.04. The summed E-state index contributed by atoms with van der Waals surface area (Å²) in [7, 11) is 0. The van der Waals surface area contributed by atoms with Crippen LogP contribution in [0.2, 0.25) is 0 Å². The van der Waals surface area contributed by atoms with Crippen LogP contribution in [-0.4, -0.2) is 0 Å². The molecule has 0 N–H and O–H groups in total. The third kappa shape index (κ3) is 6.20. The van der Waals surface area contributed by atoms with Crippen molar-refractivity contribution in [2.75, 3.05) is 0 Å². The normalized spacial score (nSPS) is 10.6. The van der Waals surface area contributed by atoms with E-state index in [1.165, 1.54) is 12.1 Å². The lowest BCUT2D eigenvalue weighted by Crippen LogP contribution is -2.04. The maximum absolute atomic E-state index is 12.3. The van der Waals surface area contributed by atoms with Crippen molar-refractivity contribution in [3.05, 3.63) is 96.6 Å². The highest BCUT2D eigenvalue weighted by Gasteiger charge is 2.30. The van der Waals surface area contributed by atoms with Gasteiger partial charge >= 0.3 is 6.18 Å². The van der Waals surface area contributed by atoms with E-state index in [4.69, 9.17) is 0 Å². The Kier molecular flexibility index (Phi) is 6.29. The minimum atomic E-state index is -4.26. The summed E-state index contributed by atoms with van der Waals surface area (Å²) in [6.45, 7) is 0. The summed E-state index contributed by atoms with van der Waals surface area (Å²) >= 11 is 0.914. The molecular weight excluding hydrogens is 317 g/mol. The molecule has 0 aliphatic heterocycles. The van der Waals surface area contributed by atoms with Crippen LogP contribution >= 0.6 is 0 Å². The summed E-state index contributed by atoms with van der Waals surface area (Å²) in [5.41, 5.74) is -0.607. The van der Waals surface area contributed by atoms with Gasteiger partial charge in [-0.05, 0) is 36.4 Å². The highest BCUT2D eigenvalue weighted by molar-refractivity contribution is 7.78. The van der Waals surface area contributed by atoms with Gasteiger partial charge in [0.1, 0.15) is 0 Å².